The zero-order valence-corrected chi connectivity index (χ0v) is 19.4. The van der Waals surface area contributed by atoms with Gasteiger partial charge < -0.3 is 14.5 Å². The molecule has 0 unspecified atom stereocenters. The van der Waals surface area contributed by atoms with Crippen LogP contribution >= 0.6 is 27.5 Å². The molecule has 0 aliphatic heterocycles. The first-order valence-electron chi connectivity index (χ1n) is 9.79. The summed E-state index contributed by atoms with van der Waals surface area (Å²) in [6, 6.07) is 17.0. The predicted molar refractivity (Wildman–Crippen MR) is 127 cm³/mol. The lowest BCUT2D eigenvalue weighted by Gasteiger charge is -2.08. The lowest BCUT2D eigenvalue weighted by atomic mass is 10.1. The molecule has 3 rings (SSSR count). The zero-order valence-electron chi connectivity index (χ0n) is 17.0. The van der Waals surface area contributed by atoms with Crippen LogP contribution in [0.15, 0.2) is 68.6 Å². The smallest absolute Gasteiger partial charge is 0.285 e. The molecule has 1 heterocycles. The van der Waals surface area contributed by atoms with Gasteiger partial charge in [-0.2, -0.15) is 5.10 Å². The SMILES string of the molecule is Cc1cccc(Cl)c1COc1ccc(/C=N/NC(=O)CCCNc2ccc(Br)cc2)o1. The number of hydrogen-bond acceptors (Lipinski definition) is 5. The molecule has 3 aromatic rings. The Bertz CT molecular complexity index is 1010. The number of halogens is 2. The molecule has 0 saturated carbocycles. The van der Waals surface area contributed by atoms with Gasteiger partial charge in [-0.25, -0.2) is 5.43 Å². The second-order valence-electron chi connectivity index (χ2n) is 6.81. The number of nitrogens with one attached hydrogen (secondary N) is 2. The molecule has 6 nitrogen and oxygen atoms in total. The van der Waals surface area contributed by atoms with Crippen molar-refractivity contribution in [2.45, 2.75) is 26.4 Å². The van der Waals surface area contributed by atoms with Crippen molar-refractivity contribution in [1.82, 2.24) is 5.43 Å². The van der Waals surface area contributed by atoms with Gasteiger partial charge in [-0.3, -0.25) is 4.79 Å². The second-order valence-corrected chi connectivity index (χ2v) is 8.13. The molecule has 0 aliphatic carbocycles. The van der Waals surface area contributed by atoms with Gasteiger partial charge in [0.05, 0.1) is 6.21 Å². The first-order chi connectivity index (χ1) is 15.0. The summed E-state index contributed by atoms with van der Waals surface area (Å²) in [6.07, 6.45) is 2.49. The summed E-state index contributed by atoms with van der Waals surface area (Å²) in [4.78, 5) is 11.9. The lowest BCUT2D eigenvalue weighted by molar-refractivity contribution is -0.121. The number of anilines is 1. The number of carbonyl (C=O) groups is 1. The van der Waals surface area contributed by atoms with Crippen LogP contribution < -0.4 is 15.5 Å². The van der Waals surface area contributed by atoms with Crippen LogP contribution in [0.5, 0.6) is 5.95 Å². The quantitative estimate of drug-likeness (QED) is 0.204. The molecule has 8 heteroatoms. The van der Waals surface area contributed by atoms with Crippen LogP contribution in [0.25, 0.3) is 0 Å². The van der Waals surface area contributed by atoms with Gasteiger partial charge in [-0.1, -0.05) is 39.7 Å². The van der Waals surface area contributed by atoms with E-state index in [2.05, 4.69) is 31.8 Å². The number of furan rings is 1. The predicted octanol–water partition coefficient (Wildman–Crippen LogP) is 5.93. The molecule has 0 atom stereocenters. The number of carbonyl (C=O) groups excluding carboxylic acids is 1. The number of benzene rings is 2. The van der Waals surface area contributed by atoms with Crippen LogP contribution in [0.2, 0.25) is 5.02 Å². The fourth-order valence-corrected chi connectivity index (χ4v) is 3.29. The van der Waals surface area contributed by atoms with Crippen molar-refractivity contribution >= 4 is 45.3 Å². The minimum Gasteiger partial charge on any atom is -0.460 e. The minimum atomic E-state index is -0.161. The highest BCUT2D eigenvalue weighted by molar-refractivity contribution is 9.10. The Morgan fingerprint density at radius 2 is 2.00 bits per heavy atom. The van der Waals surface area contributed by atoms with Crippen LogP contribution in [0, 0.1) is 6.92 Å². The Morgan fingerprint density at radius 3 is 2.77 bits per heavy atom. The Labute approximate surface area is 194 Å². The van der Waals surface area contributed by atoms with E-state index in [1.165, 1.54) is 6.21 Å². The number of aryl methyl sites for hydroxylation is 1. The largest absolute Gasteiger partial charge is 0.460 e. The van der Waals surface area contributed by atoms with Crippen LogP contribution in [0.3, 0.4) is 0 Å². The average molecular weight is 505 g/mol. The van der Waals surface area contributed by atoms with Gasteiger partial charge in [0.1, 0.15) is 6.61 Å². The van der Waals surface area contributed by atoms with Crippen LogP contribution in [0.4, 0.5) is 5.69 Å². The van der Waals surface area contributed by atoms with Gasteiger partial charge in [-0.05, 0) is 55.3 Å². The fraction of sp³-hybridized carbons (Fsp3) is 0.217. The normalized spacial score (nSPS) is 10.9. The highest BCUT2D eigenvalue weighted by Crippen LogP contribution is 2.23. The molecule has 0 fully saturated rings. The summed E-state index contributed by atoms with van der Waals surface area (Å²) in [5.41, 5.74) is 5.48. The fourth-order valence-electron chi connectivity index (χ4n) is 2.75. The van der Waals surface area contributed by atoms with E-state index in [1.807, 2.05) is 49.4 Å². The van der Waals surface area contributed by atoms with Crippen molar-refractivity contribution in [2.24, 2.45) is 5.10 Å². The van der Waals surface area contributed by atoms with Gasteiger partial charge in [0, 0.05) is 39.8 Å². The minimum absolute atomic E-state index is 0.161. The number of hydrazone groups is 1. The monoisotopic (exact) mass is 503 g/mol. The molecule has 2 aromatic carbocycles. The molecule has 1 aromatic heterocycles. The number of amides is 1. The van der Waals surface area contributed by atoms with E-state index < -0.39 is 0 Å². The average Bonchev–Trinajstić information content (AvgIpc) is 3.20. The van der Waals surface area contributed by atoms with Crippen molar-refractivity contribution in [3.05, 3.63) is 81.0 Å². The maximum absolute atomic E-state index is 11.9. The molecule has 2 N–H and O–H groups in total. The van der Waals surface area contributed by atoms with Crippen molar-refractivity contribution in [3.8, 4) is 5.95 Å². The molecule has 0 aliphatic rings. The number of nitrogens with zero attached hydrogens (tertiary/aromatic N) is 1. The standard InChI is InChI=1S/C23H23BrClN3O3/c1-16-4-2-5-21(25)20(16)15-30-23-12-11-19(31-23)14-27-28-22(29)6-3-13-26-18-9-7-17(24)8-10-18/h2,4-5,7-12,14,26H,3,6,13,15H2,1H3,(H,28,29)/b27-14+. The Kier molecular flexibility index (Phi) is 8.55. The van der Waals surface area contributed by atoms with Gasteiger partial charge in [-0.15, -0.1) is 0 Å². The van der Waals surface area contributed by atoms with E-state index in [0.717, 1.165) is 21.3 Å². The highest BCUT2D eigenvalue weighted by atomic mass is 79.9. The molecular weight excluding hydrogens is 482 g/mol. The molecule has 1 amide bonds. The van der Waals surface area contributed by atoms with Crippen molar-refractivity contribution in [1.29, 1.82) is 0 Å². The topological polar surface area (TPSA) is 75.9 Å². The third kappa shape index (κ3) is 7.45. The van der Waals surface area contributed by atoms with E-state index in [-0.39, 0.29) is 5.91 Å². The van der Waals surface area contributed by atoms with Crippen LogP contribution in [-0.2, 0) is 11.4 Å². The number of ether oxygens (including phenoxy) is 1. The summed E-state index contributed by atoms with van der Waals surface area (Å²) < 4.78 is 12.2. The first kappa shape index (κ1) is 22.9. The van der Waals surface area contributed by atoms with E-state index in [0.29, 0.717) is 42.7 Å². The lowest BCUT2D eigenvalue weighted by Crippen LogP contribution is -2.18. The molecule has 0 spiro atoms. The van der Waals surface area contributed by atoms with Gasteiger partial charge in [0.15, 0.2) is 5.76 Å². The third-order valence-electron chi connectivity index (χ3n) is 4.45. The summed E-state index contributed by atoms with van der Waals surface area (Å²) >= 11 is 9.60. The Balaban J connectivity index is 1.36. The molecule has 0 bridgehead atoms. The molecule has 162 valence electrons. The molecular formula is C23H23BrClN3O3. The number of hydrogen-bond donors (Lipinski definition) is 2. The highest BCUT2D eigenvalue weighted by Gasteiger charge is 2.07. The van der Waals surface area contributed by atoms with E-state index in [4.69, 9.17) is 20.8 Å². The zero-order chi connectivity index (χ0) is 22.1. The van der Waals surface area contributed by atoms with E-state index in [9.17, 15) is 4.79 Å². The van der Waals surface area contributed by atoms with Crippen molar-refractivity contribution in [2.75, 3.05) is 11.9 Å². The summed E-state index contributed by atoms with van der Waals surface area (Å²) in [7, 11) is 0. The van der Waals surface area contributed by atoms with Gasteiger partial charge in [0.2, 0.25) is 5.91 Å². The maximum atomic E-state index is 11.9. The summed E-state index contributed by atoms with van der Waals surface area (Å²) in [5, 5.41) is 7.85. The number of rotatable bonds is 10. The Morgan fingerprint density at radius 1 is 1.19 bits per heavy atom. The van der Waals surface area contributed by atoms with Crippen LogP contribution in [-0.4, -0.2) is 18.7 Å². The van der Waals surface area contributed by atoms with Crippen LogP contribution in [0.1, 0.15) is 29.7 Å². The van der Waals surface area contributed by atoms with E-state index in [1.54, 1.807) is 12.1 Å². The maximum Gasteiger partial charge on any atom is 0.285 e. The summed E-state index contributed by atoms with van der Waals surface area (Å²) in [6.45, 7) is 2.98. The van der Waals surface area contributed by atoms with Gasteiger partial charge in [0.25, 0.3) is 5.95 Å². The molecule has 0 saturated heterocycles. The summed E-state index contributed by atoms with van der Waals surface area (Å²) in [5.74, 6) is 0.667. The Hall–Kier alpha value is -2.77. The van der Waals surface area contributed by atoms with Gasteiger partial charge >= 0.3 is 0 Å². The first-order valence-corrected chi connectivity index (χ1v) is 11.0. The molecule has 0 radical (unpaired) electrons. The van der Waals surface area contributed by atoms with Crippen molar-refractivity contribution < 1.29 is 13.9 Å². The second kappa shape index (κ2) is 11.6. The van der Waals surface area contributed by atoms with Crippen molar-refractivity contribution in [3.63, 3.8) is 0 Å². The molecule has 31 heavy (non-hydrogen) atoms. The van der Waals surface area contributed by atoms with E-state index >= 15 is 0 Å². The third-order valence-corrected chi connectivity index (χ3v) is 5.33.